The fourth-order valence-corrected chi connectivity index (χ4v) is 4.77. The van der Waals surface area contributed by atoms with E-state index in [0.717, 1.165) is 39.2 Å². The van der Waals surface area contributed by atoms with Gasteiger partial charge in [0.2, 0.25) is 0 Å². The highest BCUT2D eigenvalue weighted by molar-refractivity contribution is 8.26. The van der Waals surface area contributed by atoms with E-state index in [9.17, 15) is 9.59 Å². The number of rotatable bonds is 7. The first-order chi connectivity index (χ1) is 18.0. The number of aryl methyl sites for hydroxylation is 1. The number of hydrazine groups is 1. The van der Waals surface area contributed by atoms with Crippen molar-refractivity contribution in [3.63, 3.8) is 0 Å². The van der Waals surface area contributed by atoms with E-state index in [0.29, 0.717) is 28.6 Å². The molecule has 1 N–H and O–H groups in total. The van der Waals surface area contributed by atoms with Crippen LogP contribution in [-0.4, -0.2) is 21.1 Å². The summed E-state index contributed by atoms with van der Waals surface area (Å²) in [5.74, 6) is 1.10. The molecule has 184 valence electrons. The third-order valence-corrected chi connectivity index (χ3v) is 6.91. The van der Waals surface area contributed by atoms with Gasteiger partial charge in [-0.25, -0.2) is 0 Å². The summed E-state index contributed by atoms with van der Waals surface area (Å²) in [7, 11) is 0. The van der Waals surface area contributed by atoms with Crippen molar-refractivity contribution >= 4 is 46.2 Å². The van der Waals surface area contributed by atoms with Crippen LogP contribution < -0.4 is 10.2 Å². The molecule has 1 fully saturated rings. The van der Waals surface area contributed by atoms with Gasteiger partial charge in [-0.3, -0.25) is 15.0 Å². The van der Waals surface area contributed by atoms with Crippen molar-refractivity contribution < 1.29 is 18.7 Å². The summed E-state index contributed by atoms with van der Waals surface area (Å²) in [5, 5.41) is 1.09. The number of hydrogen-bond donors (Lipinski definition) is 1. The molecular weight excluding hydrogens is 504 g/mol. The third-order valence-electron chi connectivity index (χ3n) is 5.61. The summed E-state index contributed by atoms with van der Waals surface area (Å²) in [6, 6.07) is 28.3. The molecule has 2 heterocycles. The zero-order valence-electron chi connectivity index (χ0n) is 19.8. The molecule has 0 saturated carbocycles. The molecule has 6 nitrogen and oxygen atoms in total. The molecule has 0 spiro atoms. The first kappa shape index (κ1) is 24.5. The number of carbonyl (C=O) groups excluding carboxylic acids is 2. The predicted octanol–water partition coefficient (Wildman–Crippen LogP) is 6.38. The number of nitrogens with zero attached hydrogens (tertiary/aromatic N) is 1. The molecule has 37 heavy (non-hydrogen) atoms. The van der Waals surface area contributed by atoms with E-state index in [1.807, 2.05) is 79.7 Å². The molecule has 5 rings (SSSR count). The standard InChI is InChI=1S/C29H22N2O4S2/c1-19-7-9-22(10-8-19)27(32)30-31-28(33)26(37-29(31)36)17-24-15-16-25(35-24)21-11-13-23(14-12-21)34-18-20-5-3-2-4-6-20/h2-17H,18H2,1H3,(H,30,32)/b26-17-. The van der Waals surface area contributed by atoms with Crippen molar-refractivity contribution in [1.29, 1.82) is 0 Å². The lowest BCUT2D eigenvalue weighted by Gasteiger charge is -2.15. The van der Waals surface area contributed by atoms with Crippen molar-refractivity contribution in [2.45, 2.75) is 13.5 Å². The molecule has 1 aliphatic rings. The summed E-state index contributed by atoms with van der Waals surface area (Å²) in [4.78, 5) is 25.8. The summed E-state index contributed by atoms with van der Waals surface area (Å²) >= 11 is 6.42. The Kier molecular flexibility index (Phi) is 7.20. The molecule has 1 aromatic heterocycles. The fraction of sp³-hybridized carbons (Fsp3) is 0.0690. The van der Waals surface area contributed by atoms with Crippen LogP contribution in [0.4, 0.5) is 0 Å². The first-order valence-corrected chi connectivity index (χ1v) is 12.7. The lowest BCUT2D eigenvalue weighted by Crippen LogP contribution is -2.44. The van der Waals surface area contributed by atoms with E-state index in [-0.39, 0.29) is 4.32 Å². The van der Waals surface area contributed by atoms with E-state index in [1.54, 1.807) is 24.3 Å². The van der Waals surface area contributed by atoms with Crippen molar-refractivity contribution in [3.8, 4) is 17.1 Å². The number of furan rings is 1. The first-order valence-electron chi connectivity index (χ1n) is 11.5. The van der Waals surface area contributed by atoms with E-state index >= 15 is 0 Å². The second kappa shape index (κ2) is 10.9. The lowest BCUT2D eigenvalue weighted by atomic mass is 10.1. The van der Waals surface area contributed by atoms with Crippen LogP contribution in [0, 0.1) is 6.92 Å². The summed E-state index contributed by atoms with van der Waals surface area (Å²) in [5.41, 5.74) is 6.04. The Bertz CT molecular complexity index is 1480. The largest absolute Gasteiger partial charge is 0.489 e. The van der Waals surface area contributed by atoms with Crippen LogP contribution in [0.25, 0.3) is 17.4 Å². The van der Waals surface area contributed by atoms with Gasteiger partial charge in [0.25, 0.3) is 11.8 Å². The predicted molar refractivity (Wildman–Crippen MR) is 149 cm³/mol. The molecule has 1 aliphatic heterocycles. The maximum Gasteiger partial charge on any atom is 0.285 e. The molecule has 3 aromatic carbocycles. The summed E-state index contributed by atoms with van der Waals surface area (Å²) in [6.45, 7) is 2.43. The quantitative estimate of drug-likeness (QED) is 0.223. The van der Waals surface area contributed by atoms with E-state index in [4.69, 9.17) is 21.4 Å². The zero-order chi connectivity index (χ0) is 25.8. The van der Waals surface area contributed by atoms with Crippen LogP contribution in [0.5, 0.6) is 5.75 Å². The molecule has 0 bridgehead atoms. The van der Waals surface area contributed by atoms with Crippen molar-refractivity contribution in [3.05, 3.63) is 118 Å². The Balaban J connectivity index is 1.23. The van der Waals surface area contributed by atoms with Crippen molar-refractivity contribution in [2.24, 2.45) is 0 Å². The van der Waals surface area contributed by atoms with E-state index in [1.165, 1.54) is 0 Å². The molecule has 0 radical (unpaired) electrons. The van der Waals surface area contributed by atoms with Gasteiger partial charge in [-0.05, 0) is 73.2 Å². The highest BCUT2D eigenvalue weighted by atomic mass is 32.2. The number of benzene rings is 3. The van der Waals surface area contributed by atoms with Gasteiger partial charge in [0.15, 0.2) is 4.32 Å². The third kappa shape index (κ3) is 5.82. The van der Waals surface area contributed by atoms with Crippen LogP contribution in [0.3, 0.4) is 0 Å². The Morgan fingerprint density at radius 3 is 2.46 bits per heavy atom. The second-order valence-electron chi connectivity index (χ2n) is 8.32. The van der Waals surface area contributed by atoms with Gasteiger partial charge in [0.1, 0.15) is 23.9 Å². The van der Waals surface area contributed by atoms with Gasteiger partial charge in [-0.1, -0.05) is 59.8 Å². The highest BCUT2D eigenvalue weighted by Crippen LogP contribution is 2.33. The minimum atomic E-state index is -0.409. The minimum Gasteiger partial charge on any atom is -0.489 e. The van der Waals surface area contributed by atoms with Crippen LogP contribution in [0.1, 0.15) is 27.2 Å². The molecule has 4 aromatic rings. The Hall–Kier alpha value is -4.14. The number of amides is 2. The number of thioether (sulfide) groups is 1. The molecule has 1 saturated heterocycles. The van der Waals surface area contributed by atoms with Crippen molar-refractivity contribution in [2.75, 3.05) is 0 Å². The van der Waals surface area contributed by atoms with Crippen molar-refractivity contribution in [1.82, 2.24) is 10.4 Å². The minimum absolute atomic E-state index is 0.245. The van der Waals surface area contributed by atoms with E-state index < -0.39 is 11.8 Å². The maximum atomic E-state index is 12.9. The summed E-state index contributed by atoms with van der Waals surface area (Å²) < 4.78 is 12.0. The Labute approximate surface area is 223 Å². The van der Waals surface area contributed by atoms with Crippen LogP contribution in [0.2, 0.25) is 0 Å². The summed E-state index contributed by atoms with van der Waals surface area (Å²) in [6.07, 6.45) is 1.62. The maximum absolute atomic E-state index is 12.9. The van der Waals surface area contributed by atoms with Gasteiger partial charge < -0.3 is 9.15 Å². The molecule has 8 heteroatoms. The zero-order valence-corrected chi connectivity index (χ0v) is 21.5. The second-order valence-corrected chi connectivity index (χ2v) is 10.0. The van der Waals surface area contributed by atoms with Gasteiger partial charge in [0.05, 0.1) is 4.91 Å². The van der Waals surface area contributed by atoms with E-state index in [2.05, 4.69) is 5.43 Å². The average Bonchev–Trinajstić information content (AvgIpc) is 3.49. The highest BCUT2D eigenvalue weighted by Gasteiger charge is 2.34. The normalized spacial score (nSPS) is 14.3. The van der Waals surface area contributed by atoms with Crippen LogP contribution >= 0.6 is 24.0 Å². The Morgan fingerprint density at radius 1 is 1.00 bits per heavy atom. The average molecular weight is 527 g/mol. The number of thiocarbonyl (C=S) groups is 1. The molecule has 0 unspecified atom stereocenters. The number of carbonyl (C=O) groups is 2. The fourth-order valence-electron chi connectivity index (χ4n) is 3.61. The van der Waals surface area contributed by atoms with Gasteiger partial charge in [-0.15, -0.1) is 0 Å². The Morgan fingerprint density at radius 2 is 1.73 bits per heavy atom. The van der Waals surface area contributed by atoms with Gasteiger partial charge in [0, 0.05) is 17.2 Å². The van der Waals surface area contributed by atoms with Gasteiger partial charge in [-0.2, -0.15) is 5.01 Å². The topological polar surface area (TPSA) is 71.8 Å². The molecule has 0 atom stereocenters. The number of hydrogen-bond acceptors (Lipinski definition) is 6. The smallest absolute Gasteiger partial charge is 0.285 e. The lowest BCUT2D eigenvalue weighted by molar-refractivity contribution is -0.123. The molecule has 2 amide bonds. The van der Waals surface area contributed by atoms with Gasteiger partial charge >= 0.3 is 0 Å². The van der Waals surface area contributed by atoms with Crippen LogP contribution in [0.15, 0.2) is 100 Å². The molecule has 0 aliphatic carbocycles. The number of nitrogens with one attached hydrogen (secondary N) is 1. The molecular formula is C29H22N2O4S2. The number of ether oxygens (including phenoxy) is 1. The monoisotopic (exact) mass is 526 g/mol. The van der Waals surface area contributed by atoms with Crippen LogP contribution in [-0.2, 0) is 11.4 Å². The SMILES string of the molecule is Cc1ccc(C(=O)NN2C(=O)/C(=C/c3ccc(-c4ccc(OCc5ccccc5)cc4)o3)SC2=S)cc1.